The second-order valence-electron chi connectivity index (χ2n) is 5.85. The number of thioether (sulfide) groups is 1. The van der Waals surface area contributed by atoms with Crippen molar-refractivity contribution in [2.45, 2.75) is 5.16 Å². The first-order valence-electron chi connectivity index (χ1n) is 8.74. The fourth-order valence-electron chi connectivity index (χ4n) is 2.59. The van der Waals surface area contributed by atoms with Crippen LogP contribution in [-0.2, 0) is 4.79 Å². The largest absolute Gasteiger partial charge is 0.497 e. The molecule has 10 nitrogen and oxygen atoms in total. The third-order valence-corrected chi connectivity index (χ3v) is 4.94. The van der Waals surface area contributed by atoms with Crippen molar-refractivity contribution in [2.75, 3.05) is 39.5 Å². The van der Waals surface area contributed by atoms with Gasteiger partial charge >= 0.3 is 0 Å². The molecule has 158 valence electrons. The molecule has 0 aliphatic rings. The minimum absolute atomic E-state index is 0.104. The van der Waals surface area contributed by atoms with E-state index >= 15 is 0 Å². The minimum atomic E-state index is -0.225. The first-order chi connectivity index (χ1) is 14.6. The third kappa shape index (κ3) is 4.92. The van der Waals surface area contributed by atoms with Crippen molar-refractivity contribution in [1.82, 2.24) is 20.2 Å². The Hall–Kier alpha value is -3.47. The molecule has 11 heteroatoms. The summed E-state index contributed by atoms with van der Waals surface area (Å²) < 4.78 is 22.5. The van der Waals surface area contributed by atoms with Crippen molar-refractivity contribution < 1.29 is 23.7 Å². The van der Waals surface area contributed by atoms with Crippen molar-refractivity contribution in [3.8, 4) is 28.7 Å². The minimum Gasteiger partial charge on any atom is -0.497 e. The van der Waals surface area contributed by atoms with Gasteiger partial charge in [0.1, 0.15) is 11.5 Å². The lowest BCUT2D eigenvalue weighted by Gasteiger charge is -2.11. The van der Waals surface area contributed by atoms with E-state index in [1.54, 1.807) is 64.8 Å². The number of rotatable bonds is 9. The summed E-state index contributed by atoms with van der Waals surface area (Å²) in [4.78, 5) is 12.4. The van der Waals surface area contributed by atoms with E-state index in [9.17, 15) is 4.79 Å². The number of tetrazole rings is 1. The van der Waals surface area contributed by atoms with Crippen LogP contribution in [0.1, 0.15) is 0 Å². The topological polar surface area (TPSA) is 110 Å². The van der Waals surface area contributed by atoms with Crippen LogP contribution < -0.4 is 24.3 Å². The number of anilines is 1. The SMILES string of the molecule is COc1cc(NC(=O)CSc2nnnn2-c2ccc(OC)c(OC)c2)cc(OC)c1. The van der Waals surface area contributed by atoms with Crippen LogP contribution in [0, 0.1) is 0 Å². The Bertz CT molecular complexity index is 1000. The number of hydrogen-bond donors (Lipinski definition) is 1. The second-order valence-corrected chi connectivity index (χ2v) is 6.79. The summed E-state index contributed by atoms with van der Waals surface area (Å²) in [5, 5.41) is 15.0. The summed E-state index contributed by atoms with van der Waals surface area (Å²) >= 11 is 1.20. The van der Waals surface area contributed by atoms with E-state index in [1.807, 2.05) is 0 Å². The number of hydrogen-bond acceptors (Lipinski definition) is 9. The van der Waals surface area contributed by atoms with Crippen molar-refractivity contribution in [1.29, 1.82) is 0 Å². The highest BCUT2D eigenvalue weighted by atomic mass is 32.2. The van der Waals surface area contributed by atoms with E-state index in [2.05, 4.69) is 20.8 Å². The van der Waals surface area contributed by atoms with Crippen LogP contribution in [0.4, 0.5) is 5.69 Å². The first kappa shape index (κ1) is 21.2. The molecule has 0 unspecified atom stereocenters. The van der Waals surface area contributed by atoms with Gasteiger partial charge in [-0.3, -0.25) is 4.79 Å². The summed E-state index contributed by atoms with van der Waals surface area (Å²) in [5.41, 5.74) is 1.24. The quantitative estimate of drug-likeness (QED) is 0.511. The van der Waals surface area contributed by atoms with E-state index in [1.165, 1.54) is 16.4 Å². The third-order valence-electron chi connectivity index (χ3n) is 4.02. The first-order valence-corrected chi connectivity index (χ1v) is 9.73. The molecule has 0 saturated heterocycles. The predicted octanol–water partition coefficient (Wildman–Crippen LogP) is 2.43. The molecule has 0 spiro atoms. The van der Waals surface area contributed by atoms with E-state index in [4.69, 9.17) is 18.9 Å². The Balaban J connectivity index is 1.69. The molecule has 30 heavy (non-hydrogen) atoms. The highest BCUT2D eigenvalue weighted by Gasteiger charge is 2.14. The molecule has 3 aromatic rings. The molecule has 0 fully saturated rings. The maximum Gasteiger partial charge on any atom is 0.234 e. The summed E-state index contributed by atoms with van der Waals surface area (Å²) in [6, 6.07) is 10.4. The summed E-state index contributed by atoms with van der Waals surface area (Å²) in [7, 11) is 6.20. The number of carbonyl (C=O) groups excluding carboxylic acids is 1. The molecule has 0 bridgehead atoms. The number of nitrogens with one attached hydrogen (secondary N) is 1. The van der Waals surface area contributed by atoms with Crippen LogP contribution in [0.25, 0.3) is 5.69 Å². The van der Waals surface area contributed by atoms with Gasteiger partial charge in [-0.2, -0.15) is 4.68 Å². The Morgan fingerprint density at radius 2 is 1.67 bits per heavy atom. The molecule has 1 heterocycles. The summed E-state index contributed by atoms with van der Waals surface area (Å²) in [5.74, 6) is 2.18. The van der Waals surface area contributed by atoms with Crippen LogP contribution in [-0.4, -0.2) is 60.3 Å². The zero-order valence-electron chi connectivity index (χ0n) is 16.9. The van der Waals surface area contributed by atoms with Gasteiger partial charge in [0.25, 0.3) is 0 Å². The highest BCUT2D eigenvalue weighted by molar-refractivity contribution is 7.99. The van der Waals surface area contributed by atoms with Gasteiger partial charge < -0.3 is 24.3 Å². The van der Waals surface area contributed by atoms with E-state index in [0.29, 0.717) is 39.5 Å². The van der Waals surface area contributed by atoms with Gasteiger partial charge in [0.05, 0.1) is 39.9 Å². The Morgan fingerprint density at radius 1 is 0.967 bits per heavy atom. The summed E-state index contributed by atoms with van der Waals surface area (Å²) in [6.45, 7) is 0. The van der Waals surface area contributed by atoms with Crippen molar-refractivity contribution in [2.24, 2.45) is 0 Å². The van der Waals surface area contributed by atoms with Crippen molar-refractivity contribution >= 4 is 23.4 Å². The Morgan fingerprint density at radius 3 is 2.30 bits per heavy atom. The van der Waals surface area contributed by atoms with Gasteiger partial charge in [-0.15, -0.1) is 5.10 Å². The number of methoxy groups -OCH3 is 4. The molecule has 2 aromatic carbocycles. The molecule has 1 N–H and O–H groups in total. The fourth-order valence-corrected chi connectivity index (χ4v) is 3.29. The normalized spacial score (nSPS) is 10.4. The Labute approximate surface area is 177 Å². The van der Waals surface area contributed by atoms with Crippen LogP contribution in [0.2, 0.25) is 0 Å². The lowest BCUT2D eigenvalue weighted by molar-refractivity contribution is -0.113. The Kier molecular flexibility index (Phi) is 6.96. The molecule has 0 aliphatic carbocycles. The fraction of sp³-hybridized carbons (Fsp3) is 0.263. The monoisotopic (exact) mass is 431 g/mol. The number of ether oxygens (including phenoxy) is 4. The van der Waals surface area contributed by atoms with Gasteiger partial charge in [-0.05, 0) is 22.6 Å². The van der Waals surface area contributed by atoms with Crippen LogP contribution in [0.3, 0.4) is 0 Å². The molecule has 1 aromatic heterocycles. The maximum absolute atomic E-state index is 12.4. The molecule has 3 rings (SSSR count). The van der Waals surface area contributed by atoms with Crippen molar-refractivity contribution in [3.63, 3.8) is 0 Å². The standard InChI is InChI=1S/C19H21N5O5S/c1-26-14-7-12(8-15(10-14)27-2)20-18(25)11-30-19-21-22-23-24(19)13-5-6-16(28-3)17(9-13)29-4/h5-10H,11H2,1-4H3,(H,20,25). The van der Waals surface area contributed by atoms with E-state index in [0.717, 1.165) is 0 Å². The molecule has 0 atom stereocenters. The average molecular weight is 431 g/mol. The molecule has 1 amide bonds. The zero-order chi connectivity index (χ0) is 21.5. The van der Waals surface area contributed by atoms with Gasteiger partial charge in [0.2, 0.25) is 11.1 Å². The van der Waals surface area contributed by atoms with Crippen LogP contribution >= 0.6 is 11.8 Å². The maximum atomic E-state index is 12.4. The molecule has 0 saturated carbocycles. The number of carbonyl (C=O) groups is 1. The number of aromatic nitrogens is 4. The van der Waals surface area contributed by atoms with Gasteiger partial charge in [-0.25, -0.2) is 0 Å². The lowest BCUT2D eigenvalue weighted by Crippen LogP contribution is -2.14. The van der Waals surface area contributed by atoms with E-state index in [-0.39, 0.29) is 11.7 Å². The molecular formula is C19H21N5O5S. The van der Waals surface area contributed by atoms with Gasteiger partial charge in [0, 0.05) is 30.0 Å². The number of nitrogens with zero attached hydrogens (tertiary/aromatic N) is 4. The molecule has 0 radical (unpaired) electrons. The number of amides is 1. The molecular weight excluding hydrogens is 410 g/mol. The van der Waals surface area contributed by atoms with Crippen molar-refractivity contribution in [3.05, 3.63) is 36.4 Å². The van der Waals surface area contributed by atoms with Gasteiger partial charge in [0.15, 0.2) is 11.5 Å². The zero-order valence-corrected chi connectivity index (χ0v) is 17.7. The van der Waals surface area contributed by atoms with Crippen LogP contribution in [0.15, 0.2) is 41.6 Å². The van der Waals surface area contributed by atoms with E-state index < -0.39 is 0 Å². The predicted molar refractivity (Wildman–Crippen MR) is 111 cm³/mol. The van der Waals surface area contributed by atoms with Gasteiger partial charge in [-0.1, -0.05) is 11.8 Å². The second kappa shape index (κ2) is 9.83. The van der Waals surface area contributed by atoms with Crippen LogP contribution in [0.5, 0.6) is 23.0 Å². The smallest absolute Gasteiger partial charge is 0.234 e. The average Bonchev–Trinajstić information content (AvgIpc) is 3.25. The summed E-state index contributed by atoms with van der Waals surface area (Å²) in [6.07, 6.45) is 0. The molecule has 0 aliphatic heterocycles. The highest BCUT2D eigenvalue weighted by Crippen LogP contribution is 2.30. The lowest BCUT2D eigenvalue weighted by atomic mass is 10.2. The number of benzene rings is 2.